The Balaban J connectivity index is 2.34. The smallest absolute Gasteiger partial charge is 0.372 e. The maximum atomic E-state index is 6.26. The van der Waals surface area contributed by atoms with Crippen LogP contribution in [0, 0.1) is 0 Å². The molecular weight excluding hydrogens is 318 g/mol. The molecule has 5 heteroatoms. The lowest BCUT2D eigenvalue weighted by Crippen LogP contribution is -2.73. The lowest BCUT2D eigenvalue weighted by atomic mass is 9.97. The number of rotatable bonds is 8. The second kappa shape index (κ2) is 8.58. The van der Waals surface area contributed by atoms with Crippen LogP contribution < -0.4 is 0 Å². The molecule has 0 spiro atoms. The highest BCUT2D eigenvalue weighted by Crippen LogP contribution is 2.45. The molecule has 1 aromatic carbocycles. The molecule has 0 bridgehead atoms. The third-order valence-electron chi connectivity index (χ3n) is 5.62. The second-order valence-electron chi connectivity index (χ2n) is 6.81. The van der Waals surface area contributed by atoms with Gasteiger partial charge in [0.2, 0.25) is 0 Å². The number of hydrogen-bond donors (Lipinski definition) is 0. The van der Waals surface area contributed by atoms with Gasteiger partial charge in [0.1, 0.15) is 5.22 Å². The fourth-order valence-electron chi connectivity index (χ4n) is 4.54. The van der Waals surface area contributed by atoms with Crippen LogP contribution in [0.3, 0.4) is 0 Å². The molecule has 0 aliphatic carbocycles. The molecule has 4 nitrogen and oxygen atoms in total. The molecule has 1 heterocycles. The lowest BCUT2D eigenvalue weighted by Gasteiger charge is -2.54. The van der Waals surface area contributed by atoms with Crippen LogP contribution in [0.2, 0.25) is 6.04 Å². The van der Waals surface area contributed by atoms with E-state index in [1.165, 1.54) is 5.56 Å². The van der Waals surface area contributed by atoms with Crippen molar-refractivity contribution in [3.05, 3.63) is 35.9 Å². The number of methoxy groups -OCH3 is 1. The summed E-state index contributed by atoms with van der Waals surface area (Å²) in [5.74, 6) is 0. The lowest BCUT2D eigenvalue weighted by molar-refractivity contribution is -0.0700. The molecule has 136 valence electrons. The van der Waals surface area contributed by atoms with Crippen molar-refractivity contribution in [3.63, 3.8) is 0 Å². The summed E-state index contributed by atoms with van der Waals surface area (Å²) >= 11 is 0. The fourth-order valence-corrected chi connectivity index (χ4v) is 8.71. The summed E-state index contributed by atoms with van der Waals surface area (Å²) in [4.78, 5) is 2.44. The molecule has 1 aromatic rings. The summed E-state index contributed by atoms with van der Waals surface area (Å²) < 4.78 is 18.4. The van der Waals surface area contributed by atoms with Crippen LogP contribution in [-0.2, 0) is 20.1 Å². The molecule has 1 aliphatic rings. The molecule has 0 amide bonds. The van der Waals surface area contributed by atoms with Crippen LogP contribution in [0.25, 0.3) is 0 Å². The third-order valence-corrected chi connectivity index (χ3v) is 10.0. The highest BCUT2D eigenvalue weighted by Gasteiger charge is 2.63. The molecule has 24 heavy (non-hydrogen) atoms. The van der Waals surface area contributed by atoms with Crippen LogP contribution in [0.1, 0.15) is 38.2 Å². The van der Waals surface area contributed by atoms with Gasteiger partial charge in [0, 0.05) is 33.9 Å². The van der Waals surface area contributed by atoms with E-state index in [0.717, 1.165) is 38.3 Å². The van der Waals surface area contributed by atoms with Crippen LogP contribution in [0.5, 0.6) is 0 Å². The fraction of sp³-hybridized carbons (Fsp3) is 0.684. The van der Waals surface area contributed by atoms with Gasteiger partial charge in [0.05, 0.1) is 0 Å². The van der Waals surface area contributed by atoms with Gasteiger partial charge in [-0.05, 0) is 37.9 Å². The maximum absolute atomic E-state index is 6.26. The summed E-state index contributed by atoms with van der Waals surface area (Å²) in [6.07, 6.45) is 4.29. The first-order chi connectivity index (χ1) is 11.6. The predicted octanol–water partition coefficient (Wildman–Crippen LogP) is 3.74. The molecule has 1 aliphatic heterocycles. The summed E-state index contributed by atoms with van der Waals surface area (Å²) in [6.45, 7) is 3.13. The Morgan fingerprint density at radius 2 is 1.83 bits per heavy atom. The van der Waals surface area contributed by atoms with Gasteiger partial charge in [-0.3, -0.25) is 4.90 Å². The van der Waals surface area contributed by atoms with Crippen molar-refractivity contribution in [2.45, 2.75) is 56.5 Å². The Morgan fingerprint density at radius 3 is 2.38 bits per heavy atom. The molecule has 0 aromatic heterocycles. The van der Waals surface area contributed by atoms with E-state index in [2.05, 4.69) is 49.2 Å². The van der Waals surface area contributed by atoms with Gasteiger partial charge < -0.3 is 13.6 Å². The zero-order chi connectivity index (χ0) is 17.6. The Morgan fingerprint density at radius 1 is 1.17 bits per heavy atom. The van der Waals surface area contributed by atoms with Crippen molar-refractivity contribution in [2.24, 2.45) is 0 Å². The van der Waals surface area contributed by atoms with E-state index < -0.39 is 8.56 Å². The average Bonchev–Trinajstić information content (AvgIpc) is 2.62. The second-order valence-corrected chi connectivity index (χ2v) is 10.5. The van der Waals surface area contributed by atoms with Crippen molar-refractivity contribution in [2.75, 3.05) is 28.4 Å². The molecule has 2 atom stereocenters. The minimum atomic E-state index is -2.44. The van der Waals surface area contributed by atoms with Gasteiger partial charge in [-0.1, -0.05) is 43.7 Å². The number of benzene rings is 1. The minimum absolute atomic E-state index is 0.308. The molecule has 0 saturated carbocycles. The molecule has 0 radical (unpaired) electrons. The topological polar surface area (TPSA) is 30.9 Å². The quantitative estimate of drug-likeness (QED) is 0.668. The van der Waals surface area contributed by atoms with Gasteiger partial charge in [-0.15, -0.1) is 0 Å². The maximum Gasteiger partial charge on any atom is 0.372 e. The number of likely N-dealkylation sites (N-methyl/N-ethyl adjacent to an activating group) is 1. The largest absolute Gasteiger partial charge is 0.396 e. The van der Waals surface area contributed by atoms with E-state index in [4.69, 9.17) is 13.6 Å². The summed E-state index contributed by atoms with van der Waals surface area (Å²) in [5.41, 5.74) is 1.33. The van der Waals surface area contributed by atoms with E-state index in [1.807, 2.05) is 7.11 Å². The monoisotopic (exact) mass is 351 g/mol. The van der Waals surface area contributed by atoms with Gasteiger partial charge in [-0.25, -0.2) is 0 Å². The van der Waals surface area contributed by atoms with Crippen LogP contribution >= 0.6 is 0 Å². The van der Waals surface area contributed by atoms with Crippen molar-refractivity contribution >= 4 is 8.56 Å². The van der Waals surface area contributed by atoms with Crippen molar-refractivity contribution in [3.8, 4) is 0 Å². The zero-order valence-electron chi connectivity index (χ0n) is 15.9. The summed E-state index contributed by atoms with van der Waals surface area (Å²) in [6, 6.07) is 11.9. The number of nitrogens with zero attached hydrogens (tertiary/aromatic N) is 1. The Kier molecular flexibility index (Phi) is 7.01. The van der Waals surface area contributed by atoms with Crippen LogP contribution in [0.15, 0.2) is 30.3 Å². The normalized spacial score (nSPS) is 26.7. The number of ether oxygens (including phenoxy) is 1. The molecule has 1 saturated heterocycles. The highest BCUT2D eigenvalue weighted by atomic mass is 28.4. The van der Waals surface area contributed by atoms with E-state index in [9.17, 15) is 0 Å². The first kappa shape index (κ1) is 19.6. The standard InChI is InChI=1S/C19H33NO3Si/c1-6-14-19(21-3)18(13-10-15-24(19,22-4)23-5)20(2)16-17-11-8-7-9-12-17/h7-9,11-12,18H,6,10,13-16H2,1-5H3. The van der Waals surface area contributed by atoms with Crippen molar-refractivity contribution in [1.82, 2.24) is 4.90 Å². The molecule has 2 rings (SSSR count). The minimum Gasteiger partial charge on any atom is -0.396 e. The Bertz CT molecular complexity index is 495. The molecule has 2 unspecified atom stereocenters. The first-order valence-corrected chi connectivity index (χ1v) is 11.0. The summed E-state index contributed by atoms with van der Waals surface area (Å²) in [7, 11) is 5.21. The van der Waals surface area contributed by atoms with E-state index in [1.54, 1.807) is 14.2 Å². The van der Waals surface area contributed by atoms with E-state index >= 15 is 0 Å². The highest BCUT2D eigenvalue weighted by molar-refractivity contribution is 6.71. The SMILES string of the molecule is CCCC1(OC)C(N(C)Cc2ccccc2)CCC[Si]1(OC)OC. The van der Waals surface area contributed by atoms with E-state index in [-0.39, 0.29) is 5.22 Å². The van der Waals surface area contributed by atoms with Gasteiger partial charge in [0.15, 0.2) is 0 Å². The predicted molar refractivity (Wildman–Crippen MR) is 100 cm³/mol. The number of hydrogen-bond acceptors (Lipinski definition) is 4. The van der Waals surface area contributed by atoms with Crippen LogP contribution in [0.4, 0.5) is 0 Å². The molecular formula is C19H33NO3Si. The van der Waals surface area contributed by atoms with Crippen molar-refractivity contribution < 1.29 is 13.6 Å². The van der Waals surface area contributed by atoms with Gasteiger partial charge in [-0.2, -0.15) is 0 Å². The van der Waals surface area contributed by atoms with Gasteiger partial charge in [0.25, 0.3) is 0 Å². The van der Waals surface area contributed by atoms with Crippen molar-refractivity contribution in [1.29, 1.82) is 0 Å². The average molecular weight is 352 g/mol. The van der Waals surface area contributed by atoms with Gasteiger partial charge >= 0.3 is 8.56 Å². The van der Waals surface area contributed by atoms with E-state index in [0.29, 0.717) is 6.04 Å². The third kappa shape index (κ3) is 3.46. The Labute approximate surface area is 148 Å². The Hall–Kier alpha value is -0.723. The molecule has 1 fully saturated rings. The van der Waals surface area contributed by atoms with Crippen LogP contribution in [-0.4, -0.2) is 53.1 Å². The molecule has 0 N–H and O–H groups in total. The zero-order valence-corrected chi connectivity index (χ0v) is 16.9. The summed E-state index contributed by atoms with van der Waals surface area (Å²) in [5, 5.41) is -0.326. The first-order valence-electron chi connectivity index (χ1n) is 8.98.